The number of aromatic nitrogens is 3. The molecule has 8 heteroatoms. The average Bonchev–Trinajstić information content (AvgIpc) is 2.96. The molecule has 1 saturated carbocycles. The van der Waals surface area contributed by atoms with Crippen molar-refractivity contribution in [2.75, 3.05) is 6.54 Å². The first-order valence-electron chi connectivity index (χ1n) is 9.14. The lowest BCUT2D eigenvalue weighted by Crippen LogP contribution is -2.42. The fraction of sp³-hybridized carbons (Fsp3) is 0.526. The number of aryl methyl sites for hydroxylation is 1. The third kappa shape index (κ3) is 4.69. The van der Waals surface area contributed by atoms with E-state index in [9.17, 15) is 9.59 Å². The normalized spacial score (nSPS) is 15.3. The molecule has 1 aliphatic rings. The number of rotatable bonds is 6. The van der Waals surface area contributed by atoms with E-state index in [4.69, 9.17) is 4.74 Å². The Labute approximate surface area is 158 Å². The van der Waals surface area contributed by atoms with E-state index in [1.165, 1.54) is 0 Å². The molecule has 0 bridgehead atoms. The highest BCUT2D eigenvalue weighted by atomic mass is 16.6. The second-order valence-corrected chi connectivity index (χ2v) is 8.01. The minimum atomic E-state index is -0.524. The first kappa shape index (κ1) is 19.0. The lowest BCUT2D eigenvalue weighted by atomic mass is 10.1. The van der Waals surface area contributed by atoms with Gasteiger partial charge < -0.3 is 19.9 Å². The Morgan fingerprint density at radius 1 is 1.26 bits per heavy atom. The predicted molar refractivity (Wildman–Crippen MR) is 101 cm³/mol. The quantitative estimate of drug-likeness (QED) is 0.813. The zero-order valence-electron chi connectivity index (χ0n) is 16.3. The van der Waals surface area contributed by atoms with Gasteiger partial charge in [0.25, 0.3) is 5.91 Å². The number of nitrogens with zero attached hydrogens (tertiary/aromatic N) is 3. The van der Waals surface area contributed by atoms with Crippen molar-refractivity contribution in [2.24, 2.45) is 7.05 Å². The maximum absolute atomic E-state index is 12.6. The molecule has 0 aliphatic heterocycles. The van der Waals surface area contributed by atoms with Crippen LogP contribution >= 0.6 is 0 Å². The number of alkyl carbamates (subject to hydrolysis) is 1. The van der Waals surface area contributed by atoms with Crippen molar-refractivity contribution in [1.82, 2.24) is 25.0 Å². The lowest BCUT2D eigenvalue weighted by molar-refractivity contribution is 0.0494. The van der Waals surface area contributed by atoms with Crippen LogP contribution in [-0.2, 0) is 11.8 Å². The van der Waals surface area contributed by atoms with Gasteiger partial charge in [-0.25, -0.2) is 4.79 Å². The molecule has 0 aromatic carbocycles. The van der Waals surface area contributed by atoms with E-state index >= 15 is 0 Å². The summed E-state index contributed by atoms with van der Waals surface area (Å²) in [5, 5.41) is 10.1. The van der Waals surface area contributed by atoms with Gasteiger partial charge in [-0.15, -0.1) is 0 Å². The maximum atomic E-state index is 12.6. The summed E-state index contributed by atoms with van der Waals surface area (Å²) in [6.45, 7) is 5.97. The van der Waals surface area contributed by atoms with E-state index in [0.717, 1.165) is 12.8 Å². The van der Waals surface area contributed by atoms with Crippen LogP contribution in [0, 0.1) is 0 Å². The number of carbonyl (C=O) groups excluding carboxylic acids is 2. The van der Waals surface area contributed by atoms with Crippen LogP contribution in [0.1, 0.15) is 50.4 Å². The molecule has 0 unspecified atom stereocenters. The molecule has 2 heterocycles. The third-order valence-corrected chi connectivity index (χ3v) is 4.51. The minimum Gasteiger partial charge on any atom is -0.444 e. The van der Waals surface area contributed by atoms with Crippen LogP contribution in [0.5, 0.6) is 0 Å². The van der Waals surface area contributed by atoms with Crippen molar-refractivity contribution in [2.45, 2.75) is 51.2 Å². The Hall–Kier alpha value is -2.77. The predicted octanol–water partition coefficient (Wildman–Crippen LogP) is 2.39. The van der Waals surface area contributed by atoms with Crippen LogP contribution in [-0.4, -0.2) is 44.0 Å². The fourth-order valence-electron chi connectivity index (χ4n) is 2.99. The minimum absolute atomic E-state index is 0.181. The van der Waals surface area contributed by atoms with E-state index in [1.807, 2.05) is 49.9 Å². The summed E-state index contributed by atoms with van der Waals surface area (Å²) in [5.41, 5.74) is -0.282. The summed E-state index contributed by atoms with van der Waals surface area (Å²) in [4.78, 5) is 24.6. The first-order chi connectivity index (χ1) is 12.7. The zero-order chi connectivity index (χ0) is 19.7. The summed E-state index contributed by atoms with van der Waals surface area (Å²) in [7, 11) is 1.80. The number of ether oxygens (including phenoxy) is 1. The molecule has 8 nitrogen and oxygen atoms in total. The summed E-state index contributed by atoms with van der Waals surface area (Å²) >= 11 is 0. The number of nitrogens with one attached hydrogen (secondary N) is 2. The molecule has 2 aromatic heterocycles. The van der Waals surface area contributed by atoms with Gasteiger partial charge in [-0.05, 0) is 52.2 Å². The Morgan fingerprint density at radius 2 is 1.93 bits per heavy atom. The van der Waals surface area contributed by atoms with Gasteiger partial charge in [0.15, 0.2) is 0 Å². The van der Waals surface area contributed by atoms with Crippen molar-refractivity contribution < 1.29 is 14.3 Å². The van der Waals surface area contributed by atoms with E-state index in [1.54, 1.807) is 17.9 Å². The van der Waals surface area contributed by atoms with Crippen molar-refractivity contribution in [1.29, 1.82) is 0 Å². The SMILES string of the molecule is Cn1ncc(C(=O)NCCC2(NC(=O)OC(C)(C)C)CC2)c1-n1cccc1. The van der Waals surface area contributed by atoms with Gasteiger partial charge in [0, 0.05) is 31.5 Å². The van der Waals surface area contributed by atoms with Gasteiger partial charge in [0.2, 0.25) is 0 Å². The Bertz CT molecular complexity index is 813. The van der Waals surface area contributed by atoms with Gasteiger partial charge in [0.05, 0.1) is 6.20 Å². The molecule has 3 rings (SSSR count). The molecule has 2 amide bonds. The molecule has 2 N–H and O–H groups in total. The smallest absolute Gasteiger partial charge is 0.408 e. The van der Waals surface area contributed by atoms with Crippen LogP contribution in [0.2, 0.25) is 0 Å². The van der Waals surface area contributed by atoms with Crippen LogP contribution < -0.4 is 10.6 Å². The van der Waals surface area contributed by atoms with Crippen LogP contribution in [0.3, 0.4) is 0 Å². The van der Waals surface area contributed by atoms with Crippen molar-refractivity contribution in [3.05, 3.63) is 36.3 Å². The van der Waals surface area contributed by atoms with E-state index in [2.05, 4.69) is 15.7 Å². The van der Waals surface area contributed by atoms with Gasteiger partial charge in [-0.2, -0.15) is 5.10 Å². The maximum Gasteiger partial charge on any atom is 0.408 e. The Balaban J connectivity index is 1.54. The van der Waals surface area contributed by atoms with Crippen molar-refractivity contribution in [3.8, 4) is 5.82 Å². The highest BCUT2D eigenvalue weighted by Gasteiger charge is 2.44. The molecular weight excluding hydrogens is 346 g/mol. The van der Waals surface area contributed by atoms with E-state index in [-0.39, 0.29) is 11.4 Å². The third-order valence-electron chi connectivity index (χ3n) is 4.51. The second-order valence-electron chi connectivity index (χ2n) is 8.01. The highest BCUT2D eigenvalue weighted by molar-refractivity contribution is 5.97. The van der Waals surface area contributed by atoms with Gasteiger partial charge in [-0.1, -0.05) is 0 Å². The average molecular weight is 373 g/mol. The largest absolute Gasteiger partial charge is 0.444 e. The zero-order valence-corrected chi connectivity index (χ0v) is 16.3. The molecule has 2 aromatic rings. The van der Waals surface area contributed by atoms with E-state index in [0.29, 0.717) is 24.3 Å². The molecule has 27 heavy (non-hydrogen) atoms. The molecule has 1 aliphatic carbocycles. The molecule has 0 atom stereocenters. The first-order valence-corrected chi connectivity index (χ1v) is 9.14. The number of hydrogen-bond acceptors (Lipinski definition) is 4. The second kappa shape index (κ2) is 7.09. The van der Waals surface area contributed by atoms with Gasteiger partial charge in [0.1, 0.15) is 17.0 Å². The Morgan fingerprint density at radius 3 is 2.52 bits per heavy atom. The topological polar surface area (TPSA) is 90.2 Å². The van der Waals surface area contributed by atoms with Crippen LogP contribution in [0.15, 0.2) is 30.7 Å². The standard InChI is InChI=1S/C19H27N5O3/c1-18(2,3)27-17(26)22-19(7-8-19)9-10-20-15(25)14-13-21-23(4)16(14)24-11-5-6-12-24/h5-6,11-13H,7-10H2,1-4H3,(H,20,25)(H,22,26). The molecular formula is C19H27N5O3. The molecule has 0 spiro atoms. The molecule has 146 valence electrons. The van der Waals surface area contributed by atoms with Crippen LogP contribution in [0.25, 0.3) is 5.82 Å². The monoisotopic (exact) mass is 373 g/mol. The number of hydrogen-bond donors (Lipinski definition) is 2. The lowest BCUT2D eigenvalue weighted by Gasteiger charge is -2.23. The number of carbonyl (C=O) groups is 2. The summed E-state index contributed by atoms with van der Waals surface area (Å²) < 4.78 is 8.84. The van der Waals surface area contributed by atoms with Gasteiger partial charge in [-0.3, -0.25) is 9.48 Å². The molecule has 0 saturated heterocycles. The summed E-state index contributed by atoms with van der Waals surface area (Å²) in [6, 6.07) is 3.79. The number of amides is 2. The molecule has 1 fully saturated rings. The van der Waals surface area contributed by atoms with Gasteiger partial charge >= 0.3 is 6.09 Å². The van der Waals surface area contributed by atoms with Crippen LogP contribution in [0.4, 0.5) is 4.79 Å². The fourth-order valence-corrected chi connectivity index (χ4v) is 2.99. The molecule has 0 radical (unpaired) electrons. The summed E-state index contributed by atoms with van der Waals surface area (Å²) in [6.07, 6.45) is 7.35. The van der Waals surface area contributed by atoms with E-state index < -0.39 is 11.7 Å². The highest BCUT2D eigenvalue weighted by Crippen LogP contribution is 2.38. The summed E-state index contributed by atoms with van der Waals surface area (Å²) in [5.74, 6) is 0.533. The van der Waals surface area contributed by atoms with Crippen molar-refractivity contribution in [3.63, 3.8) is 0 Å². The Kier molecular flexibility index (Phi) is 4.99. The van der Waals surface area contributed by atoms with Crippen molar-refractivity contribution >= 4 is 12.0 Å².